The van der Waals surface area contributed by atoms with Crippen molar-refractivity contribution >= 4 is 27.5 Å². The van der Waals surface area contributed by atoms with Gasteiger partial charge in [0.05, 0.1) is 6.54 Å². The van der Waals surface area contributed by atoms with Crippen LogP contribution >= 0.6 is 15.9 Å². The Morgan fingerprint density at radius 2 is 1.97 bits per heavy atom. The van der Waals surface area contributed by atoms with Gasteiger partial charge in [-0.2, -0.15) is 5.10 Å². The molecule has 0 radical (unpaired) electrons. The van der Waals surface area contributed by atoms with Crippen molar-refractivity contribution in [1.29, 1.82) is 0 Å². The molecule has 0 unspecified atom stereocenters. The minimum atomic E-state index is -0.309. The molecule has 6 nitrogen and oxygen atoms in total. The lowest BCUT2D eigenvalue weighted by atomic mass is 10.2. The summed E-state index contributed by atoms with van der Waals surface area (Å²) in [5.74, 6) is 1.23. The summed E-state index contributed by atoms with van der Waals surface area (Å²) in [5, 5.41) is 7.06. The zero-order valence-corrected chi connectivity index (χ0v) is 17.0. The van der Waals surface area contributed by atoms with E-state index in [4.69, 9.17) is 9.15 Å². The molecular formula is C22H18BrN3O3. The maximum absolute atomic E-state index is 12.5. The van der Waals surface area contributed by atoms with Crippen molar-refractivity contribution in [2.45, 2.75) is 13.2 Å². The smallest absolute Gasteiger partial charge is 0.291 e. The lowest BCUT2D eigenvalue weighted by Crippen LogP contribution is -2.11. The van der Waals surface area contributed by atoms with E-state index in [2.05, 4.69) is 26.3 Å². The van der Waals surface area contributed by atoms with Crippen molar-refractivity contribution in [2.24, 2.45) is 0 Å². The number of ether oxygens (including phenoxy) is 1. The van der Waals surface area contributed by atoms with Gasteiger partial charge in [0.1, 0.15) is 18.1 Å². The number of rotatable bonds is 7. The molecule has 2 aromatic carbocycles. The molecule has 0 saturated heterocycles. The van der Waals surface area contributed by atoms with Crippen molar-refractivity contribution in [3.63, 3.8) is 0 Å². The molecule has 0 fully saturated rings. The zero-order valence-electron chi connectivity index (χ0n) is 15.4. The molecule has 0 aliphatic rings. The van der Waals surface area contributed by atoms with Gasteiger partial charge in [0.15, 0.2) is 5.76 Å². The number of carbonyl (C=O) groups excluding carboxylic acids is 1. The molecule has 1 N–H and O–H groups in total. The van der Waals surface area contributed by atoms with Gasteiger partial charge >= 0.3 is 0 Å². The fourth-order valence-electron chi connectivity index (χ4n) is 2.78. The van der Waals surface area contributed by atoms with Gasteiger partial charge in [-0.15, -0.1) is 0 Å². The number of hydrogen-bond donors (Lipinski definition) is 1. The Bertz CT molecular complexity index is 1090. The lowest BCUT2D eigenvalue weighted by molar-refractivity contribution is 0.0992. The third kappa shape index (κ3) is 5.14. The normalized spacial score (nSPS) is 10.7. The first-order valence-corrected chi connectivity index (χ1v) is 9.80. The molecule has 0 saturated carbocycles. The molecule has 4 aromatic rings. The van der Waals surface area contributed by atoms with E-state index < -0.39 is 0 Å². The molecular weight excluding hydrogens is 434 g/mol. The maximum atomic E-state index is 12.5. The summed E-state index contributed by atoms with van der Waals surface area (Å²) >= 11 is 3.38. The molecule has 4 rings (SSSR count). The van der Waals surface area contributed by atoms with Crippen LogP contribution in [0.15, 0.2) is 88.0 Å². The molecule has 0 spiro atoms. The molecule has 2 aromatic heterocycles. The quantitative estimate of drug-likeness (QED) is 0.423. The van der Waals surface area contributed by atoms with E-state index in [1.54, 1.807) is 18.3 Å². The second-order valence-corrected chi connectivity index (χ2v) is 7.28. The second-order valence-electron chi connectivity index (χ2n) is 6.37. The zero-order chi connectivity index (χ0) is 20.1. The van der Waals surface area contributed by atoms with Gasteiger partial charge in [-0.3, -0.25) is 9.48 Å². The Balaban J connectivity index is 1.36. The van der Waals surface area contributed by atoms with Gasteiger partial charge < -0.3 is 14.5 Å². The number of hydrogen-bond acceptors (Lipinski definition) is 4. The van der Waals surface area contributed by atoms with Gasteiger partial charge in [0, 0.05) is 22.6 Å². The lowest BCUT2D eigenvalue weighted by Gasteiger charge is -2.07. The predicted octanol–water partition coefficient (Wildman–Crippen LogP) is 5.12. The first-order valence-electron chi connectivity index (χ1n) is 9.00. The van der Waals surface area contributed by atoms with Crippen LogP contribution in [0.4, 0.5) is 5.69 Å². The molecule has 0 aliphatic carbocycles. The summed E-state index contributed by atoms with van der Waals surface area (Å²) in [6.07, 6.45) is 3.63. The number of nitrogens with one attached hydrogen (secondary N) is 1. The van der Waals surface area contributed by atoms with Crippen molar-refractivity contribution in [3.8, 4) is 5.75 Å². The standard InChI is InChI=1S/C22H18BrN3O3/c23-17-5-7-19(8-6-17)28-15-20-9-10-21(29-20)22(27)25-18-4-1-3-16(13-18)14-26-12-2-11-24-26/h1-13H,14-15H2,(H,25,27). The van der Waals surface area contributed by atoms with Crippen LogP contribution < -0.4 is 10.1 Å². The average Bonchev–Trinajstić information content (AvgIpc) is 3.40. The Morgan fingerprint density at radius 3 is 2.76 bits per heavy atom. The molecule has 7 heteroatoms. The first-order chi connectivity index (χ1) is 14.2. The van der Waals surface area contributed by atoms with E-state index in [0.29, 0.717) is 18.0 Å². The molecule has 0 bridgehead atoms. The number of halogens is 1. The van der Waals surface area contributed by atoms with E-state index >= 15 is 0 Å². The summed E-state index contributed by atoms with van der Waals surface area (Å²) in [5.41, 5.74) is 1.73. The molecule has 2 heterocycles. The highest BCUT2D eigenvalue weighted by Gasteiger charge is 2.12. The monoisotopic (exact) mass is 451 g/mol. The van der Waals surface area contributed by atoms with Gasteiger partial charge in [-0.25, -0.2) is 0 Å². The summed E-state index contributed by atoms with van der Waals surface area (Å²) in [7, 11) is 0. The first kappa shape index (κ1) is 19.0. The number of benzene rings is 2. The van der Waals surface area contributed by atoms with Gasteiger partial charge in [-0.05, 0) is 60.2 Å². The predicted molar refractivity (Wildman–Crippen MR) is 113 cm³/mol. The van der Waals surface area contributed by atoms with Gasteiger partial charge in [0.25, 0.3) is 5.91 Å². The second kappa shape index (κ2) is 8.79. The Hall–Kier alpha value is -3.32. The van der Waals surface area contributed by atoms with Crippen molar-refractivity contribution in [2.75, 3.05) is 5.32 Å². The van der Waals surface area contributed by atoms with Crippen LogP contribution in [0.5, 0.6) is 5.75 Å². The topological polar surface area (TPSA) is 69.3 Å². The van der Waals surface area contributed by atoms with Crippen LogP contribution in [0.25, 0.3) is 0 Å². The number of amides is 1. The third-order valence-electron chi connectivity index (χ3n) is 4.17. The number of carbonyl (C=O) groups is 1. The van der Waals surface area contributed by atoms with E-state index in [1.165, 1.54) is 0 Å². The largest absolute Gasteiger partial charge is 0.486 e. The third-order valence-corrected chi connectivity index (χ3v) is 4.70. The number of anilines is 1. The van der Waals surface area contributed by atoms with Gasteiger partial charge in [0.2, 0.25) is 0 Å². The van der Waals surface area contributed by atoms with Crippen LogP contribution in [0.2, 0.25) is 0 Å². The van der Waals surface area contributed by atoms with Crippen molar-refractivity contribution < 1.29 is 13.9 Å². The Morgan fingerprint density at radius 1 is 1.10 bits per heavy atom. The maximum Gasteiger partial charge on any atom is 0.291 e. The van der Waals surface area contributed by atoms with E-state index in [-0.39, 0.29) is 18.3 Å². The summed E-state index contributed by atoms with van der Waals surface area (Å²) in [4.78, 5) is 12.5. The van der Waals surface area contributed by atoms with Crippen LogP contribution in [0.3, 0.4) is 0 Å². The molecule has 29 heavy (non-hydrogen) atoms. The number of nitrogens with zero attached hydrogens (tertiary/aromatic N) is 2. The highest BCUT2D eigenvalue weighted by molar-refractivity contribution is 9.10. The van der Waals surface area contributed by atoms with Crippen LogP contribution in [-0.4, -0.2) is 15.7 Å². The van der Waals surface area contributed by atoms with Gasteiger partial charge in [-0.1, -0.05) is 28.1 Å². The van der Waals surface area contributed by atoms with E-state index in [0.717, 1.165) is 15.8 Å². The highest BCUT2D eigenvalue weighted by Crippen LogP contribution is 2.19. The summed E-state index contributed by atoms with van der Waals surface area (Å²) in [6.45, 7) is 0.878. The minimum Gasteiger partial charge on any atom is -0.486 e. The number of aromatic nitrogens is 2. The van der Waals surface area contributed by atoms with Crippen LogP contribution in [0, 0.1) is 0 Å². The molecule has 146 valence electrons. The molecule has 1 amide bonds. The Labute approximate surface area is 176 Å². The van der Waals surface area contributed by atoms with Crippen molar-refractivity contribution in [1.82, 2.24) is 9.78 Å². The molecule has 0 atom stereocenters. The van der Waals surface area contributed by atoms with Crippen molar-refractivity contribution in [3.05, 3.63) is 101 Å². The summed E-state index contributed by atoms with van der Waals surface area (Å²) in [6, 6.07) is 20.4. The highest BCUT2D eigenvalue weighted by atomic mass is 79.9. The van der Waals surface area contributed by atoms with E-state index in [9.17, 15) is 4.79 Å². The van der Waals surface area contributed by atoms with Crippen LogP contribution in [0.1, 0.15) is 21.9 Å². The SMILES string of the molecule is O=C(Nc1cccc(Cn2cccn2)c1)c1ccc(COc2ccc(Br)cc2)o1. The fourth-order valence-corrected chi connectivity index (χ4v) is 3.05. The number of furan rings is 1. The van der Waals surface area contributed by atoms with Crippen LogP contribution in [-0.2, 0) is 13.2 Å². The summed E-state index contributed by atoms with van der Waals surface area (Å²) < 4.78 is 14.1. The average molecular weight is 452 g/mol. The fraction of sp³-hybridized carbons (Fsp3) is 0.0909. The Kier molecular flexibility index (Phi) is 5.76. The minimum absolute atomic E-state index is 0.233. The molecule has 0 aliphatic heterocycles. The van der Waals surface area contributed by atoms with E-state index in [1.807, 2.05) is 65.5 Å².